The van der Waals surface area contributed by atoms with E-state index in [1.165, 1.54) is 26.1 Å². The first kappa shape index (κ1) is 25.2. The first-order valence-corrected chi connectivity index (χ1v) is 10.4. The molecule has 32 heavy (non-hydrogen) atoms. The first-order valence-electron chi connectivity index (χ1n) is 10.4. The summed E-state index contributed by atoms with van der Waals surface area (Å²) in [5.74, 6) is 0.680. The second kappa shape index (κ2) is 12.7. The molecule has 0 bridgehead atoms. The van der Waals surface area contributed by atoms with E-state index in [1.54, 1.807) is 12.2 Å². The summed E-state index contributed by atoms with van der Waals surface area (Å²) in [6, 6.07) is 5.63. The number of aliphatic hydroxyl groups excluding tert-OH is 1. The van der Waals surface area contributed by atoms with Crippen LogP contribution in [0, 0.1) is 0 Å². The van der Waals surface area contributed by atoms with Crippen molar-refractivity contribution in [3.8, 4) is 11.5 Å². The molecular weight excluding hydrogens is 412 g/mol. The van der Waals surface area contributed by atoms with Crippen molar-refractivity contribution in [3.63, 3.8) is 0 Å². The third-order valence-corrected chi connectivity index (χ3v) is 4.68. The maximum atomic E-state index is 11.9. The van der Waals surface area contributed by atoms with Crippen LogP contribution >= 0.6 is 0 Å². The molecule has 0 unspecified atom stereocenters. The van der Waals surface area contributed by atoms with Gasteiger partial charge in [-0.15, -0.1) is 0 Å². The van der Waals surface area contributed by atoms with E-state index in [2.05, 4.69) is 0 Å². The van der Waals surface area contributed by atoms with Gasteiger partial charge in [-0.25, -0.2) is 4.79 Å². The molecule has 1 saturated heterocycles. The highest BCUT2D eigenvalue weighted by atomic mass is 16.6. The molecule has 0 aromatic heterocycles. The minimum Gasteiger partial charge on any atom is -0.503 e. The van der Waals surface area contributed by atoms with Crippen LogP contribution in [0.15, 0.2) is 59.4 Å². The average Bonchev–Trinajstić information content (AvgIpc) is 3.49. The summed E-state index contributed by atoms with van der Waals surface area (Å²) in [5.41, 5.74) is 2.55. The molecule has 1 aromatic rings. The molecule has 1 N–H and O–H groups in total. The van der Waals surface area contributed by atoms with E-state index in [1.807, 2.05) is 51.1 Å². The number of methoxy groups -OCH3 is 2. The molecule has 0 aliphatic carbocycles. The number of benzene rings is 1. The minimum absolute atomic E-state index is 0.0965. The molecule has 1 aliphatic rings. The lowest BCUT2D eigenvalue weighted by atomic mass is 10.1. The fraction of sp³-hybridized carbons (Fsp3) is 0.400. The van der Waals surface area contributed by atoms with Gasteiger partial charge in [0.05, 0.1) is 38.8 Å². The van der Waals surface area contributed by atoms with Gasteiger partial charge < -0.3 is 28.8 Å². The Morgan fingerprint density at radius 2 is 1.94 bits per heavy atom. The van der Waals surface area contributed by atoms with Gasteiger partial charge in [0.15, 0.2) is 11.5 Å². The van der Waals surface area contributed by atoms with Crippen LogP contribution in [0.3, 0.4) is 0 Å². The molecule has 1 aromatic carbocycles. The molecule has 1 aliphatic heterocycles. The predicted molar refractivity (Wildman–Crippen MR) is 123 cm³/mol. The largest absolute Gasteiger partial charge is 0.503 e. The maximum absolute atomic E-state index is 11.9. The summed E-state index contributed by atoms with van der Waals surface area (Å²) >= 11 is 0. The third kappa shape index (κ3) is 7.90. The Morgan fingerprint density at radius 1 is 1.19 bits per heavy atom. The van der Waals surface area contributed by atoms with Gasteiger partial charge in [-0.2, -0.15) is 0 Å². The maximum Gasteiger partial charge on any atom is 0.341 e. The van der Waals surface area contributed by atoms with Crippen LogP contribution in [0.2, 0.25) is 0 Å². The SMILES string of the molecule is CO\C=C(C(=O)OC)/C(=C\C=C\c1ccc(OCC=C(C)C)c(OC[C@@H]2O[C@@H]2C)c1)CO. The Hall–Kier alpha value is -3.03. The summed E-state index contributed by atoms with van der Waals surface area (Å²) < 4.78 is 26.9. The second-order valence-electron chi connectivity index (χ2n) is 7.46. The zero-order valence-corrected chi connectivity index (χ0v) is 19.3. The number of ether oxygens (including phenoxy) is 5. The summed E-state index contributed by atoms with van der Waals surface area (Å²) in [5, 5.41) is 9.66. The van der Waals surface area contributed by atoms with Crippen LogP contribution in [-0.4, -0.2) is 57.3 Å². The predicted octanol–water partition coefficient (Wildman–Crippen LogP) is 3.83. The highest BCUT2D eigenvalue weighted by Crippen LogP contribution is 2.31. The Balaban J connectivity index is 2.20. The fourth-order valence-electron chi connectivity index (χ4n) is 2.72. The minimum atomic E-state index is -0.592. The first-order chi connectivity index (χ1) is 15.4. The number of aliphatic hydroxyl groups is 1. The van der Waals surface area contributed by atoms with Crippen molar-refractivity contribution in [2.75, 3.05) is 34.0 Å². The number of rotatable bonds is 12. The van der Waals surface area contributed by atoms with E-state index in [4.69, 9.17) is 23.7 Å². The molecule has 1 fully saturated rings. The molecule has 174 valence electrons. The van der Waals surface area contributed by atoms with E-state index in [-0.39, 0.29) is 24.4 Å². The number of allylic oxidation sites excluding steroid dienone is 3. The molecule has 2 rings (SSSR count). The quantitative estimate of drug-likeness (QED) is 0.131. The van der Waals surface area contributed by atoms with Crippen molar-refractivity contribution in [2.45, 2.75) is 33.0 Å². The molecule has 0 amide bonds. The number of hydrogen-bond donors (Lipinski definition) is 1. The number of esters is 1. The van der Waals surface area contributed by atoms with Crippen molar-refractivity contribution in [3.05, 3.63) is 65.0 Å². The Labute approximate surface area is 189 Å². The smallest absolute Gasteiger partial charge is 0.341 e. The van der Waals surface area contributed by atoms with Crippen molar-refractivity contribution in [1.82, 2.24) is 0 Å². The Bertz CT molecular complexity index is 892. The molecule has 2 atom stereocenters. The zero-order valence-electron chi connectivity index (χ0n) is 19.3. The van der Waals surface area contributed by atoms with Crippen LogP contribution < -0.4 is 9.47 Å². The van der Waals surface area contributed by atoms with Crippen LogP contribution in [0.4, 0.5) is 0 Å². The summed E-state index contributed by atoms with van der Waals surface area (Å²) in [6.07, 6.45) is 8.73. The van der Waals surface area contributed by atoms with Gasteiger partial charge >= 0.3 is 5.97 Å². The third-order valence-electron chi connectivity index (χ3n) is 4.68. The van der Waals surface area contributed by atoms with Gasteiger partial charge in [0.2, 0.25) is 0 Å². The second-order valence-corrected chi connectivity index (χ2v) is 7.46. The van der Waals surface area contributed by atoms with Crippen molar-refractivity contribution in [1.29, 1.82) is 0 Å². The lowest BCUT2D eigenvalue weighted by molar-refractivity contribution is -0.136. The van der Waals surface area contributed by atoms with Gasteiger partial charge in [-0.05, 0) is 50.1 Å². The highest BCUT2D eigenvalue weighted by Gasteiger charge is 2.35. The van der Waals surface area contributed by atoms with Gasteiger partial charge in [-0.3, -0.25) is 0 Å². The molecule has 0 spiro atoms. The number of carbonyl (C=O) groups is 1. The molecule has 0 radical (unpaired) electrons. The lowest BCUT2D eigenvalue weighted by Gasteiger charge is -2.12. The fourth-order valence-corrected chi connectivity index (χ4v) is 2.72. The molecule has 7 heteroatoms. The Morgan fingerprint density at radius 3 is 2.53 bits per heavy atom. The standard InChI is InChI=1S/C25H32O7/c1-17(2)11-12-30-22-10-9-19(13-23(22)31-16-24-18(3)32-24)7-6-8-20(14-26)21(15-28-4)25(27)29-5/h6-11,13,15,18,24,26H,12,14,16H2,1-5H3/b7-6+,20-8-,21-15+/t18-,24+/m1/s1. The molecule has 0 saturated carbocycles. The van der Waals surface area contributed by atoms with Crippen LogP contribution in [0.1, 0.15) is 26.3 Å². The normalized spacial score (nSPS) is 18.3. The van der Waals surface area contributed by atoms with E-state index in [9.17, 15) is 9.90 Å². The average molecular weight is 445 g/mol. The molecular formula is C25H32O7. The number of epoxide rings is 1. The summed E-state index contributed by atoms with van der Waals surface area (Å²) in [6.45, 7) is 6.59. The molecule has 7 nitrogen and oxygen atoms in total. The van der Waals surface area contributed by atoms with Crippen molar-refractivity contribution < 1.29 is 33.6 Å². The topological polar surface area (TPSA) is 86.8 Å². The van der Waals surface area contributed by atoms with E-state index in [0.29, 0.717) is 30.3 Å². The highest BCUT2D eigenvalue weighted by molar-refractivity contribution is 5.93. The Kier molecular flexibility index (Phi) is 10.0. The van der Waals surface area contributed by atoms with Crippen LogP contribution in [0.25, 0.3) is 6.08 Å². The number of hydrogen-bond acceptors (Lipinski definition) is 7. The monoisotopic (exact) mass is 444 g/mol. The molecule has 1 heterocycles. The van der Waals surface area contributed by atoms with Gasteiger partial charge in [0.25, 0.3) is 0 Å². The lowest BCUT2D eigenvalue weighted by Crippen LogP contribution is -2.10. The van der Waals surface area contributed by atoms with E-state index >= 15 is 0 Å². The van der Waals surface area contributed by atoms with Crippen molar-refractivity contribution in [2.24, 2.45) is 0 Å². The van der Waals surface area contributed by atoms with Crippen LogP contribution in [-0.2, 0) is 19.0 Å². The number of carbonyl (C=O) groups excluding carboxylic acids is 1. The van der Waals surface area contributed by atoms with Gasteiger partial charge in [-0.1, -0.05) is 29.9 Å². The summed E-state index contributed by atoms with van der Waals surface area (Å²) in [7, 11) is 2.69. The van der Waals surface area contributed by atoms with Crippen LogP contribution in [0.5, 0.6) is 11.5 Å². The van der Waals surface area contributed by atoms with E-state index in [0.717, 1.165) is 5.56 Å². The zero-order chi connectivity index (χ0) is 23.5. The van der Waals surface area contributed by atoms with Gasteiger partial charge in [0.1, 0.15) is 19.3 Å². The van der Waals surface area contributed by atoms with Gasteiger partial charge in [0, 0.05) is 0 Å². The van der Waals surface area contributed by atoms with E-state index < -0.39 is 5.97 Å². The summed E-state index contributed by atoms with van der Waals surface area (Å²) in [4.78, 5) is 11.9. The van der Waals surface area contributed by atoms with Crippen molar-refractivity contribution >= 4 is 12.0 Å².